The Hall–Kier alpha value is -3.27. The summed E-state index contributed by atoms with van der Waals surface area (Å²) in [7, 11) is 0.516. The summed E-state index contributed by atoms with van der Waals surface area (Å²) in [6.45, 7) is 10.8. The van der Waals surface area contributed by atoms with E-state index in [0.29, 0.717) is 42.6 Å². The quantitative estimate of drug-likeness (QED) is 0.189. The van der Waals surface area contributed by atoms with Crippen LogP contribution in [0.4, 0.5) is 5.69 Å². The first kappa shape index (κ1) is 32.6. The topological polar surface area (TPSA) is 135 Å². The largest absolute Gasteiger partial charge is 0.492 e. The molecule has 13 nitrogen and oxygen atoms in total. The van der Waals surface area contributed by atoms with Gasteiger partial charge in [-0.2, -0.15) is 14.8 Å². The monoisotopic (exact) mass is 677 g/mol. The number of hydrogen-bond acceptors (Lipinski definition) is 9. The molecule has 4 rings (SSSR count). The lowest BCUT2D eigenvalue weighted by Crippen LogP contribution is -2.33. The lowest BCUT2D eigenvalue weighted by Gasteiger charge is -2.17. The average Bonchev–Trinajstić information content (AvgIpc) is 3.68. The predicted molar refractivity (Wildman–Crippen MR) is 166 cm³/mol. The Balaban J connectivity index is 1.19. The number of ether oxygens (including phenoxy) is 4. The number of likely N-dealkylation sites (N-methyl/N-ethyl adjacent to an activating group) is 1. The highest BCUT2D eigenvalue weighted by Crippen LogP contribution is 2.22. The van der Waals surface area contributed by atoms with Crippen LogP contribution in [0.15, 0.2) is 41.4 Å². The van der Waals surface area contributed by atoms with E-state index in [-0.39, 0.29) is 37.8 Å². The minimum absolute atomic E-state index is 0.0326. The minimum atomic E-state index is -1.20. The van der Waals surface area contributed by atoms with Gasteiger partial charge in [0.1, 0.15) is 37.8 Å². The van der Waals surface area contributed by atoms with Crippen LogP contribution in [0.25, 0.3) is 0 Å². The van der Waals surface area contributed by atoms with Gasteiger partial charge in [0.25, 0.3) is 5.91 Å². The summed E-state index contributed by atoms with van der Waals surface area (Å²) in [5.41, 5.74) is 1.62. The molecule has 2 amide bonds. The molecular weight excluding hydrogens is 638 g/mol. The van der Waals surface area contributed by atoms with Crippen LogP contribution < -0.4 is 14.8 Å². The first-order valence-electron chi connectivity index (χ1n) is 14.2. The maximum Gasteiger partial charge on any atom is 0.318 e. The zero-order chi connectivity index (χ0) is 31.0. The number of nitrogens with one attached hydrogen (secondary N) is 1. The first-order valence-corrected chi connectivity index (χ1v) is 18.7. The first-order chi connectivity index (χ1) is 20.4. The molecule has 0 radical (unpaired) electrons. The van der Waals surface area contributed by atoms with Gasteiger partial charge >= 0.3 is 6.01 Å². The third kappa shape index (κ3) is 10.4. The third-order valence-corrected chi connectivity index (χ3v) is 8.73. The number of aromatic nitrogens is 5. The molecule has 2 aromatic heterocycles. The van der Waals surface area contributed by atoms with Crippen molar-refractivity contribution in [3.05, 3.63) is 47.0 Å². The second-order valence-corrected chi connectivity index (χ2v) is 18.0. The van der Waals surface area contributed by atoms with Crippen molar-refractivity contribution >= 4 is 41.5 Å². The van der Waals surface area contributed by atoms with E-state index in [2.05, 4.69) is 56.1 Å². The Morgan fingerprint density at radius 1 is 1.21 bits per heavy atom. The Labute approximate surface area is 261 Å². The molecule has 0 aliphatic carbocycles. The lowest BCUT2D eigenvalue weighted by molar-refractivity contribution is -0.131. The maximum atomic E-state index is 12.9. The molecule has 2 unspecified atom stereocenters. The summed E-state index contributed by atoms with van der Waals surface area (Å²) in [6.07, 6.45) is 2.37. The fourth-order valence-electron chi connectivity index (χ4n) is 4.07. The highest BCUT2D eigenvalue weighted by molar-refractivity contribution is 9.10. The SMILES string of the molecule is Cc1ccc(OCCN(C)C(=O)Cn2cc(NC(=O)C3CC(Oc4nc(Br)nn4COCC[Si](C)(C)C)CO3)cn2)cc1. The number of aryl methyl sites for hydroxylation is 1. The van der Waals surface area contributed by atoms with Crippen LogP contribution in [0, 0.1) is 6.92 Å². The molecule has 3 heterocycles. The summed E-state index contributed by atoms with van der Waals surface area (Å²) < 4.78 is 26.6. The molecule has 234 valence electrons. The normalized spacial score (nSPS) is 16.7. The Morgan fingerprint density at radius 2 is 1.98 bits per heavy atom. The maximum absolute atomic E-state index is 12.9. The van der Waals surface area contributed by atoms with Gasteiger partial charge in [-0.1, -0.05) is 37.3 Å². The van der Waals surface area contributed by atoms with Crippen molar-refractivity contribution in [1.82, 2.24) is 29.4 Å². The number of anilines is 1. The highest BCUT2D eigenvalue weighted by atomic mass is 79.9. The van der Waals surface area contributed by atoms with E-state index in [1.807, 2.05) is 31.2 Å². The molecule has 2 atom stereocenters. The molecule has 1 aliphatic rings. The second-order valence-electron chi connectivity index (χ2n) is 11.7. The molecule has 0 saturated carbocycles. The van der Waals surface area contributed by atoms with Gasteiger partial charge in [-0.05, 0) is 41.0 Å². The van der Waals surface area contributed by atoms with Crippen molar-refractivity contribution in [3.8, 4) is 11.8 Å². The number of nitrogens with zero attached hydrogens (tertiary/aromatic N) is 6. The summed E-state index contributed by atoms with van der Waals surface area (Å²) in [4.78, 5) is 31.4. The van der Waals surface area contributed by atoms with Gasteiger partial charge in [-0.3, -0.25) is 14.3 Å². The van der Waals surface area contributed by atoms with Crippen molar-refractivity contribution in [1.29, 1.82) is 0 Å². The van der Waals surface area contributed by atoms with Gasteiger partial charge in [-0.15, -0.1) is 5.10 Å². The van der Waals surface area contributed by atoms with Crippen molar-refractivity contribution in [2.45, 2.75) is 64.5 Å². The van der Waals surface area contributed by atoms with Gasteiger partial charge in [0, 0.05) is 34.3 Å². The average molecular weight is 679 g/mol. The van der Waals surface area contributed by atoms with Crippen LogP contribution >= 0.6 is 15.9 Å². The summed E-state index contributed by atoms with van der Waals surface area (Å²) in [5, 5.41) is 11.3. The molecular formula is C28H40BrN7O6Si. The molecule has 0 spiro atoms. The van der Waals surface area contributed by atoms with E-state index in [0.717, 1.165) is 17.4 Å². The summed E-state index contributed by atoms with van der Waals surface area (Å²) >= 11 is 3.29. The summed E-state index contributed by atoms with van der Waals surface area (Å²) in [5.74, 6) is 0.311. The molecule has 3 aromatic rings. The van der Waals surface area contributed by atoms with Crippen molar-refractivity contribution < 1.29 is 28.5 Å². The van der Waals surface area contributed by atoms with Crippen LogP contribution in [-0.2, 0) is 32.3 Å². The standard InChI is InChI=1S/C28H40BrN7O6Si/c1-20-6-8-22(9-7-20)40-11-10-34(2)25(37)17-35-16-21(15-30-35)31-26(38)24-14-23(18-41-24)42-28-32-27(29)33-36(28)19-39-12-13-43(3,4)5/h6-9,15-16,23-24H,10-14,17-19H2,1-5H3,(H,31,38). The van der Waals surface area contributed by atoms with E-state index in [4.69, 9.17) is 18.9 Å². The zero-order valence-electron chi connectivity index (χ0n) is 25.3. The molecule has 1 aliphatic heterocycles. The second kappa shape index (κ2) is 14.9. The number of rotatable bonds is 15. The fourth-order valence-corrected chi connectivity index (χ4v) is 5.17. The van der Waals surface area contributed by atoms with Crippen molar-refractivity contribution in [2.75, 3.05) is 38.7 Å². The van der Waals surface area contributed by atoms with Crippen molar-refractivity contribution in [2.24, 2.45) is 0 Å². The van der Waals surface area contributed by atoms with Gasteiger partial charge in [-0.25, -0.2) is 0 Å². The number of halogens is 1. The number of benzene rings is 1. The zero-order valence-corrected chi connectivity index (χ0v) is 27.9. The van der Waals surface area contributed by atoms with Crippen molar-refractivity contribution in [3.63, 3.8) is 0 Å². The summed E-state index contributed by atoms with van der Waals surface area (Å²) in [6, 6.07) is 9.10. The Morgan fingerprint density at radius 3 is 2.72 bits per heavy atom. The smallest absolute Gasteiger partial charge is 0.318 e. The Bertz CT molecular complexity index is 1360. The van der Waals surface area contributed by atoms with E-state index < -0.39 is 14.2 Å². The number of hydrogen-bond donors (Lipinski definition) is 1. The molecule has 1 aromatic carbocycles. The van der Waals surface area contributed by atoms with E-state index in [1.54, 1.807) is 22.8 Å². The molecule has 15 heteroatoms. The minimum Gasteiger partial charge on any atom is -0.492 e. The Kier molecular flexibility index (Phi) is 11.3. The third-order valence-electron chi connectivity index (χ3n) is 6.69. The van der Waals surface area contributed by atoms with Crippen LogP contribution in [0.2, 0.25) is 25.7 Å². The van der Waals surface area contributed by atoms with Crippen LogP contribution in [0.3, 0.4) is 0 Å². The van der Waals surface area contributed by atoms with E-state index in [1.165, 1.54) is 10.9 Å². The molecule has 0 bridgehead atoms. The molecule has 1 N–H and O–H groups in total. The van der Waals surface area contributed by atoms with Gasteiger partial charge in [0.05, 0.1) is 25.0 Å². The highest BCUT2D eigenvalue weighted by Gasteiger charge is 2.33. The van der Waals surface area contributed by atoms with Crippen LogP contribution in [0.1, 0.15) is 12.0 Å². The fraction of sp³-hybridized carbons (Fsp3) is 0.536. The van der Waals surface area contributed by atoms with Gasteiger partial charge in [0.15, 0.2) is 0 Å². The molecule has 43 heavy (non-hydrogen) atoms. The number of carbonyl (C=O) groups excluding carboxylic acids is 2. The van der Waals surface area contributed by atoms with Crippen LogP contribution in [0.5, 0.6) is 11.8 Å². The lowest BCUT2D eigenvalue weighted by atomic mass is 10.2. The molecule has 1 saturated heterocycles. The van der Waals surface area contributed by atoms with E-state index in [9.17, 15) is 9.59 Å². The van der Waals surface area contributed by atoms with Gasteiger partial charge < -0.3 is 29.2 Å². The number of carbonyl (C=O) groups is 2. The molecule has 1 fully saturated rings. The predicted octanol–water partition coefficient (Wildman–Crippen LogP) is 3.57. The number of amides is 2. The van der Waals surface area contributed by atoms with E-state index >= 15 is 0 Å². The van der Waals surface area contributed by atoms with Gasteiger partial charge in [0.2, 0.25) is 10.6 Å². The van der Waals surface area contributed by atoms with Crippen LogP contribution in [-0.4, -0.2) is 95.0 Å².